The van der Waals surface area contributed by atoms with Gasteiger partial charge in [0.2, 0.25) is 5.79 Å². The highest BCUT2D eigenvalue weighted by atomic mass is 79.9. The van der Waals surface area contributed by atoms with E-state index in [4.69, 9.17) is 36.3 Å². The van der Waals surface area contributed by atoms with Crippen LogP contribution in [0.15, 0.2) is 22.7 Å². The number of halogens is 1. The van der Waals surface area contributed by atoms with Gasteiger partial charge in [0, 0.05) is 17.1 Å². The summed E-state index contributed by atoms with van der Waals surface area (Å²) in [6, 6.07) is 6.20. The third-order valence-corrected chi connectivity index (χ3v) is 12.2. The maximum absolute atomic E-state index is 7.48. The Morgan fingerprint density at radius 3 is 1.72 bits per heavy atom. The van der Waals surface area contributed by atoms with Crippen LogP contribution in [0, 0.1) is 0 Å². The van der Waals surface area contributed by atoms with Crippen LogP contribution in [-0.2, 0) is 48.7 Å². The Bertz CT molecular complexity index is 1140. The van der Waals surface area contributed by atoms with Crippen LogP contribution in [0.5, 0.6) is 0 Å². The molecule has 8 nitrogen and oxygen atoms in total. The molecule has 2 rings (SSSR count). The molecule has 1 aliphatic rings. The Labute approximate surface area is 294 Å². The van der Waals surface area contributed by atoms with Gasteiger partial charge in [0.15, 0.2) is 47.4 Å². The van der Waals surface area contributed by atoms with Crippen LogP contribution in [-0.4, -0.2) is 85.5 Å². The van der Waals surface area contributed by atoms with E-state index in [1.54, 1.807) is 7.11 Å². The third kappa shape index (κ3) is 13.6. The summed E-state index contributed by atoms with van der Waals surface area (Å²) in [6.45, 7) is 37.6. The molecule has 1 aromatic carbocycles. The fourth-order valence-electron chi connectivity index (χ4n) is 5.15. The molecule has 0 amide bonds. The lowest BCUT2D eigenvalue weighted by Gasteiger charge is -2.57. The van der Waals surface area contributed by atoms with Gasteiger partial charge in [-0.3, -0.25) is 0 Å². The number of ether oxygens (including phenoxy) is 3. The van der Waals surface area contributed by atoms with Crippen molar-refractivity contribution in [1.29, 1.82) is 0 Å². The summed E-state index contributed by atoms with van der Waals surface area (Å²) < 4.78 is 56.0. The molecule has 0 aliphatic carbocycles. The summed E-state index contributed by atoms with van der Waals surface area (Å²) in [5.41, 5.74) is 1.78. The number of hydrogen-bond acceptors (Lipinski definition) is 8. The topological polar surface area (TPSA) is 73.8 Å². The first-order valence-corrected chi connectivity index (χ1v) is 34.3. The van der Waals surface area contributed by atoms with Gasteiger partial charge >= 0.3 is 0 Å². The van der Waals surface area contributed by atoms with Crippen LogP contribution >= 0.6 is 15.9 Å². The second kappa shape index (κ2) is 15.4. The van der Waals surface area contributed by atoms with Crippen molar-refractivity contribution in [2.75, 3.05) is 13.7 Å². The van der Waals surface area contributed by atoms with Gasteiger partial charge in [-0.2, -0.15) is 0 Å². The monoisotopic (exact) mass is 796 g/mol. The van der Waals surface area contributed by atoms with Crippen LogP contribution in [0.2, 0.25) is 98.2 Å². The summed E-state index contributed by atoms with van der Waals surface area (Å²) in [5, 5.41) is 0. The fraction of sp³-hybridized carbons (Fsp3) is 0.812. The van der Waals surface area contributed by atoms with E-state index in [0.717, 1.165) is 15.6 Å². The summed E-state index contributed by atoms with van der Waals surface area (Å²) in [5.74, 6) is -2.12. The minimum Gasteiger partial charge on any atom is -0.415 e. The van der Waals surface area contributed by atoms with Gasteiger partial charge in [-0.1, -0.05) is 22.0 Å². The van der Waals surface area contributed by atoms with Crippen LogP contribution in [0.25, 0.3) is 0 Å². The van der Waals surface area contributed by atoms with Crippen molar-refractivity contribution >= 4 is 57.5 Å². The molecule has 46 heavy (non-hydrogen) atoms. The summed E-state index contributed by atoms with van der Waals surface area (Å²) >= 11 is 3.78. The lowest BCUT2D eigenvalue weighted by atomic mass is 9.86. The minimum atomic E-state index is -2.35. The average molecular weight is 798 g/mol. The van der Waals surface area contributed by atoms with Gasteiger partial charge in [-0.05, 0) is 130 Å². The first kappa shape index (κ1) is 42.6. The molecular formula is C32H65BrO8Si5. The van der Waals surface area contributed by atoms with Crippen molar-refractivity contribution in [2.24, 2.45) is 0 Å². The van der Waals surface area contributed by atoms with E-state index < -0.39 is 77.6 Å². The van der Waals surface area contributed by atoms with Crippen LogP contribution in [0.1, 0.15) is 25.0 Å². The summed E-state index contributed by atoms with van der Waals surface area (Å²) in [6.07, 6.45) is -1.96. The third-order valence-electron chi connectivity index (χ3n) is 6.80. The average Bonchev–Trinajstić information content (AvgIpc) is 2.82. The molecule has 0 spiro atoms. The van der Waals surface area contributed by atoms with Crippen molar-refractivity contribution in [1.82, 2.24) is 0 Å². The van der Waals surface area contributed by atoms with Gasteiger partial charge in [0.25, 0.3) is 0 Å². The highest BCUT2D eigenvalue weighted by Crippen LogP contribution is 2.48. The molecule has 1 saturated heterocycles. The predicted molar refractivity (Wildman–Crippen MR) is 205 cm³/mol. The largest absolute Gasteiger partial charge is 0.415 e. The molecule has 0 aromatic heterocycles. The molecule has 0 N–H and O–H groups in total. The Balaban J connectivity index is 3.07. The molecule has 1 aromatic rings. The molecule has 1 unspecified atom stereocenters. The molecule has 268 valence electrons. The lowest BCUT2D eigenvalue weighted by molar-refractivity contribution is -0.340. The maximum Gasteiger partial charge on any atom is 0.215 e. The molecule has 0 saturated carbocycles. The number of benzene rings is 1. The van der Waals surface area contributed by atoms with Crippen molar-refractivity contribution in [2.45, 2.75) is 155 Å². The zero-order valence-corrected chi connectivity index (χ0v) is 38.7. The van der Waals surface area contributed by atoms with Gasteiger partial charge in [0.1, 0.15) is 24.4 Å². The van der Waals surface area contributed by atoms with E-state index >= 15 is 0 Å². The molecular weight excluding hydrogens is 733 g/mol. The van der Waals surface area contributed by atoms with E-state index in [1.807, 2.05) is 19.9 Å². The fourth-order valence-corrected chi connectivity index (χ4v) is 10.6. The second-order valence-corrected chi connectivity index (χ2v) is 40.9. The van der Waals surface area contributed by atoms with Crippen molar-refractivity contribution in [3.8, 4) is 0 Å². The Morgan fingerprint density at radius 1 is 0.739 bits per heavy atom. The second-order valence-electron chi connectivity index (χ2n) is 17.7. The number of methoxy groups -OCH3 is 1. The first-order chi connectivity index (χ1) is 20.5. The van der Waals surface area contributed by atoms with E-state index in [9.17, 15) is 0 Å². The summed E-state index contributed by atoms with van der Waals surface area (Å²) in [7, 11) is -9.15. The molecule has 1 fully saturated rings. The van der Waals surface area contributed by atoms with Crippen molar-refractivity contribution in [3.63, 3.8) is 0 Å². The van der Waals surface area contributed by atoms with Gasteiger partial charge in [-0.25, -0.2) is 0 Å². The molecule has 1 heterocycles. The molecule has 1 aliphatic heterocycles. The number of hydrogen-bond donors (Lipinski definition) is 0. The van der Waals surface area contributed by atoms with Crippen molar-refractivity contribution < 1.29 is 36.3 Å². The zero-order valence-electron chi connectivity index (χ0n) is 32.1. The van der Waals surface area contributed by atoms with Crippen molar-refractivity contribution in [3.05, 3.63) is 33.8 Å². The Kier molecular flexibility index (Phi) is 14.2. The van der Waals surface area contributed by atoms with Gasteiger partial charge in [0.05, 0.1) is 13.2 Å². The molecule has 0 radical (unpaired) electrons. The number of rotatable bonds is 16. The van der Waals surface area contributed by atoms with Gasteiger partial charge < -0.3 is 36.3 Å². The van der Waals surface area contributed by atoms with Crippen LogP contribution in [0.3, 0.4) is 0 Å². The lowest BCUT2D eigenvalue weighted by Crippen LogP contribution is -2.71. The smallest absolute Gasteiger partial charge is 0.215 e. The van der Waals surface area contributed by atoms with E-state index in [1.165, 1.54) is 0 Å². The maximum atomic E-state index is 7.48. The molecule has 14 heteroatoms. The van der Waals surface area contributed by atoms with Crippen LogP contribution in [0.4, 0.5) is 0 Å². The minimum absolute atomic E-state index is 0.285. The van der Waals surface area contributed by atoms with E-state index in [-0.39, 0.29) is 6.61 Å². The Hall–Kier alpha value is 0.464. The SMILES string of the molecule is COC(C)(C)OCc1ccc(Br)cc1C1(O[Si](C)(C)C)O[C@H](CO[Si](C)(C)C)[C@@H](O[Si](C)(C)C)[C@H](O[Si](C)(C)C)[C@H]1O[Si](C)(C)C. The van der Waals surface area contributed by atoms with E-state index in [0.29, 0.717) is 6.61 Å². The highest BCUT2D eigenvalue weighted by Gasteiger charge is 2.62. The molecule has 0 bridgehead atoms. The van der Waals surface area contributed by atoms with Crippen LogP contribution < -0.4 is 0 Å². The highest BCUT2D eigenvalue weighted by molar-refractivity contribution is 9.10. The first-order valence-electron chi connectivity index (χ1n) is 16.5. The van der Waals surface area contributed by atoms with Gasteiger partial charge in [-0.15, -0.1) is 0 Å². The quantitative estimate of drug-likeness (QED) is 0.121. The normalized spacial score (nSPS) is 25.6. The summed E-state index contributed by atoms with van der Waals surface area (Å²) in [4.78, 5) is 0. The Morgan fingerprint density at radius 2 is 1.26 bits per heavy atom. The van der Waals surface area contributed by atoms with E-state index in [2.05, 4.69) is 126 Å². The predicted octanol–water partition coefficient (Wildman–Crippen LogP) is 9.26. The molecule has 5 atom stereocenters. The standard InChI is InChI=1S/C32H65BrO8Si5/c1-31(2,34-3)35-22-24-19-20-25(33)21-26(24)32(41-46(16,17)18)30(40-45(13,14)15)29(39-44(10,11)12)28(38-43(7,8)9)27(37-32)23-36-42(4,5)6/h19-21,27-30H,22-23H2,1-18H3/t27-,28-,29+,30-,32?/m1/s1. The zero-order chi connectivity index (χ0) is 35.7.